The number of para-hydroxylation sites is 1. The first kappa shape index (κ1) is 15.7. The number of carbonyl (C=O) groups excluding carboxylic acids is 1. The Labute approximate surface area is 140 Å². The first-order valence-electron chi connectivity index (χ1n) is 7.73. The summed E-state index contributed by atoms with van der Waals surface area (Å²) in [7, 11) is 0. The maximum atomic E-state index is 11.8. The Bertz CT molecular complexity index is 877. The van der Waals surface area contributed by atoms with Crippen LogP contribution in [0.1, 0.15) is 11.1 Å². The van der Waals surface area contributed by atoms with Gasteiger partial charge in [-0.1, -0.05) is 60.7 Å². The normalized spacial score (nSPS) is 11.3. The Morgan fingerprint density at radius 2 is 1.79 bits per heavy atom. The lowest BCUT2D eigenvalue weighted by molar-refractivity contribution is -0.136. The molecule has 3 heteroatoms. The van der Waals surface area contributed by atoms with Crippen molar-refractivity contribution in [2.45, 2.75) is 0 Å². The van der Waals surface area contributed by atoms with Crippen molar-refractivity contribution >= 4 is 29.0 Å². The van der Waals surface area contributed by atoms with Gasteiger partial charge in [-0.25, -0.2) is 4.79 Å². The van der Waals surface area contributed by atoms with Crippen molar-refractivity contribution in [3.8, 4) is 0 Å². The second kappa shape index (κ2) is 7.88. The fraction of sp³-hybridized carbons (Fsp3) is 0.0476. The number of nitrogens with zero attached hydrogens (tertiary/aromatic N) is 1. The van der Waals surface area contributed by atoms with E-state index in [0.717, 1.165) is 22.0 Å². The third-order valence-electron chi connectivity index (χ3n) is 3.49. The van der Waals surface area contributed by atoms with Crippen molar-refractivity contribution in [1.29, 1.82) is 0 Å². The largest absolute Gasteiger partial charge is 0.458 e. The third-order valence-corrected chi connectivity index (χ3v) is 3.49. The van der Waals surface area contributed by atoms with Gasteiger partial charge in [0.25, 0.3) is 0 Å². The number of pyridine rings is 1. The van der Waals surface area contributed by atoms with E-state index in [1.807, 2.05) is 72.8 Å². The van der Waals surface area contributed by atoms with E-state index in [0.29, 0.717) is 0 Å². The summed E-state index contributed by atoms with van der Waals surface area (Å²) in [6, 6.07) is 19.6. The van der Waals surface area contributed by atoms with Crippen LogP contribution in [0.5, 0.6) is 0 Å². The van der Waals surface area contributed by atoms with E-state index in [9.17, 15) is 4.79 Å². The maximum Gasteiger partial charge on any atom is 0.331 e. The van der Waals surface area contributed by atoms with Gasteiger partial charge in [0, 0.05) is 23.2 Å². The number of hydrogen-bond donors (Lipinski definition) is 0. The van der Waals surface area contributed by atoms with E-state index in [1.165, 1.54) is 6.08 Å². The molecule has 1 heterocycles. The molecule has 0 aliphatic rings. The molecular formula is C21H17NO2. The minimum Gasteiger partial charge on any atom is -0.458 e. The molecule has 0 bridgehead atoms. The quantitative estimate of drug-likeness (QED) is 0.514. The van der Waals surface area contributed by atoms with Crippen LogP contribution in [-0.2, 0) is 9.53 Å². The summed E-state index contributed by atoms with van der Waals surface area (Å²) in [6.07, 6.45) is 8.65. The van der Waals surface area contributed by atoms with Crippen molar-refractivity contribution in [1.82, 2.24) is 4.98 Å². The van der Waals surface area contributed by atoms with Crippen molar-refractivity contribution in [3.05, 3.63) is 90.1 Å². The van der Waals surface area contributed by atoms with Crippen LogP contribution in [0.3, 0.4) is 0 Å². The number of benzene rings is 2. The van der Waals surface area contributed by atoms with Gasteiger partial charge in [0.2, 0.25) is 0 Å². The molecule has 0 amide bonds. The summed E-state index contributed by atoms with van der Waals surface area (Å²) in [5.74, 6) is -0.374. The molecule has 1 aromatic heterocycles. The summed E-state index contributed by atoms with van der Waals surface area (Å²) in [6.45, 7) is 0.242. The summed E-state index contributed by atoms with van der Waals surface area (Å²) in [4.78, 5) is 16.2. The summed E-state index contributed by atoms with van der Waals surface area (Å²) >= 11 is 0. The Morgan fingerprint density at radius 3 is 2.67 bits per heavy atom. The van der Waals surface area contributed by atoms with E-state index >= 15 is 0 Å². The standard InChI is InChI=1S/C21H17NO2/c23-20(24-16-6-9-17-7-2-1-3-8-17)14-13-19-11-4-10-18-12-5-15-22-21(18)19/h1-15H,16H2/b9-6-,14-13+. The monoisotopic (exact) mass is 315 g/mol. The van der Waals surface area contributed by atoms with E-state index in [4.69, 9.17) is 4.74 Å². The SMILES string of the molecule is O=C(/C=C/c1cccc2cccnc12)OC/C=C\c1ccccc1. The number of rotatable bonds is 5. The molecule has 0 radical (unpaired) electrons. The average Bonchev–Trinajstić information content (AvgIpc) is 2.64. The van der Waals surface area contributed by atoms with E-state index in [1.54, 1.807) is 12.3 Å². The highest BCUT2D eigenvalue weighted by Crippen LogP contribution is 2.17. The van der Waals surface area contributed by atoms with Gasteiger partial charge >= 0.3 is 5.97 Å². The minimum absolute atomic E-state index is 0.242. The number of fused-ring (bicyclic) bond motifs is 1. The van der Waals surface area contributed by atoms with E-state index < -0.39 is 0 Å². The van der Waals surface area contributed by atoms with Crippen LogP contribution in [0.4, 0.5) is 0 Å². The molecular weight excluding hydrogens is 298 g/mol. The highest BCUT2D eigenvalue weighted by molar-refractivity contribution is 5.92. The lowest BCUT2D eigenvalue weighted by Gasteiger charge is -2.01. The molecule has 0 atom stereocenters. The van der Waals surface area contributed by atoms with Crippen LogP contribution in [0.15, 0.2) is 79.0 Å². The second-order valence-electron chi connectivity index (χ2n) is 5.20. The molecule has 0 fully saturated rings. The minimum atomic E-state index is -0.374. The van der Waals surface area contributed by atoms with Crippen LogP contribution >= 0.6 is 0 Å². The topological polar surface area (TPSA) is 39.2 Å². The summed E-state index contributed by atoms with van der Waals surface area (Å²) in [5.41, 5.74) is 2.84. The predicted octanol–water partition coefficient (Wildman–Crippen LogP) is 4.50. The molecule has 0 aliphatic carbocycles. The lowest BCUT2D eigenvalue weighted by Crippen LogP contribution is -1.99. The Morgan fingerprint density at radius 1 is 0.958 bits per heavy atom. The van der Waals surface area contributed by atoms with Gasteiger partial charge in [-0.05, 0) is 23.8 Å². The predicted molar refractivity (Wildman–Crippen MR) is 97.2 cm³/mol. The number of hydrogen-bond acceptors (Lipinski definition) is 3. The molecule has 118 valence electrons. The fourth-order valence-electron chi connectivity index (χ4n) is 2.35. The van der Waals surface area contributed by atoms with Crippen LogP contribution in [0.25, 0.3) is 23.1 Å². The molecule has 3 nitrogen and oxygen atoms in total. The molecule has 2 aromatic carbocycles. The zero-order valence-corrected chi connectivity index (χ0v) is 13.1. The molecule has 0 saturated carbocycles. The van der Waals surface area contributed by atoms with Crippen LogP contribution in [0.2, 0.25) is 0 Å². The zero-order valence-electron chi connectivity index (χ0n) is 13.1. The molecule has 3 aromatic rings. The Kier molecular flexibility index (Phi) is 5.15. The van der Waals surface area contributed by atoms with Crippen LogP contribution < -0.4 is 0 Å². The molecule has 0 spiro atoms. The molecule has 0 aliphatic heterocycles. The highest BCUT2D eigenvalue weighted by Gasteiger charge is 2.00. The van der Waals surface area contributed by atoms with Gasteiger partial charge in [0.15, 0.2) is 0 Å². The van der Waals surface area contributed by atoms with Gasteiger partial charge < -0.3 is 4.74 Å². The molecule has 24 heavy (non-hydrogen) atoms. The Hall–Kier alpha value is -3.20. The average molecular weight is 315 g/mol. The zero-order chi connectivity index (χ0) is 16.6. The number of ether oxygens (including phenoxy) is 1. The number of esters is 1. The smallest absolute Gasteiger partial charge is 0.331 e. The molecule has 0 saturated heterocycles. The van der Waals surface area contributed by atoms with Crippen LogP contribution in [0, 0.1) is 0 Å². The summed E-state index contributed by atoms with van der Waals surface area (Å²) in [5, 5.41) is 1.04. The van der Waals surface area contributed by atoms with Gasteiger partial charge in [0.1, 0.15) is 6.61 Å². The maximum absolute atomic E-state index is 11.8. The van der Waals surface area contributed by atoms with Crippen LogP contribution in [-0.4, -0.2) is 17.6 Å². The van der Waals surface area contributed by atoms with Crippen molar-refractivity contribution in [3.63, 3.8) is 0 Å². The number of aromatic nitrogens is 1. The van der Waals surface area contributed by atoms with Crippen molar-refractivity contribution < 1.29 is 9.53 Å². The van der Waals surface area contributed by atoms with Gasteiger partial charge in [0.05, 0.1) is 5.52 Å². The van der Waals surface area contributed by atoms with Gasteiger partial charge in [-0.15, -0.1) is 0 Å². The van der Waals surface area contributed by atoms with Crippen molar-refractivity contribution in [2.75, 3.05) is 6.61 Å². The summed E-state index contributed by atoms with van der Waals surface area (Å²) < 4.78 is 5.16. The third kappa shape index (κ3) is 4.17. The lowest BCUT2D eigenvalue weighted by atomic mass is 10.1. The van der Waals surface area contributed by atoms with Gasteiger partial charge in [-0.2, -0.15) is 0 Å². The second-order valence-corrected chi connectivity index (χ2v) is 5.20. The highest BCUT2D eigenvalue weighted by atomic mass is 16.5. The van der Waals surface area contributed by atoms with E-state index in [-0.39, 0.29) is 12.6 Å². The Balaban J connectivity index is 1.58. The van der Waals surface area contributed by atoms with E-state index in [2.05, 4.69) is 4.98 Å². The molecule has 3 rings (SSSR count). The molecule has 0 N–H and O–H groups in total. The van der Waals surface area contributed by atoms with Crippen molar-refractivity contribution in [2.24, 2.45) is 0 Å². The molecule has 0 unspecified atom stereocenters. The van der Waals surface area contributed by atoms with Gasteiger partial charge in [-0.3, -0.25) is 4.98 Å². The number of carbonyl (C=O) groups is 1. The fourth-order valence-corrected chi connectivity index (χ4v) is 2.35. The first-order chi connectivity index (χ1) is 11.8. The first-order valence-corrected chi connectivity index (χ1v) is 7.73.